The lowest BCUT2D eigenvalue weighted by Crippen LogP contribution is -2.11. The Morgan fingerprint density at radius 3 is 2.79 bits per heavy atom. The fourth-order valence-electron chi connectivity index (χ4n) is 2.45. The van der Waals surface area contributed by atoms with Crippen molar-refractivity contribution >= 4 is 38.6 Å². The standard InChI is InChI=1S/C17H12BrN5O/c18-13-6-2-4-8-15(13)23-10-11(9-19-23)17(24)20-16-12-5-1-3-7-14(12)21-22-16/h1-10H,(H2,20,21,22,24). The Morgan fingerprint density at radius 2 is 1.92 bits per heavy atom. The normalized spacial score (nSPS) is 10.9. The molecule has 24 heavy (non-hydrogen) atoms. The third kappa shape index (κ3) is 2.59. The van der Waals surface area contributed by atoms with Gasteiger partial charge in [-0.3, -0.25) is 9.89 Å². The number of rotatable bonds is 3. The van der Waals surface area contributed by atoms with Crippen molar-refractivity contribution in [2.45, 2.75) is 0 Å². The molecule has 2 heterocycles. The molecule has 0 saturated carbocycles. The summed E-state index contributed by atoms with van der Waals surface area (Å²) >= 11 is 3.48. The summed E-state index contributed by atoms with van der Waals surface area (Å²) in [6, 6.07) is 15.3. The number of anilines is 1. The van der Waals surface area contributed by atoms with E-state index < -0.39 is 0 Å². The molecule has 0 spiro atoms. The molecule has 0 fully saturated rings. The second-order valence-corrected chi connectivity index (χ2v) is 6.05. The van der Waals surface area contributed by atoms with Crippen LogP contribution in [0.25, 0.3) is 16.6 Å². The summed E-state index contributed by atoms with van der Waals surface area (Å²) in [6.07, 6.45) is 3.22. The molecule has 0 saturated heterocycles. The molecule has 0 unspecified atom stereocenters. The van der Waals surface area contributed by atoms with Crippen LogP contribution >= 0.6 is 15.9 Å². The predicted octanol–water partition coefficient (Wildman–Crippen LogP) is 3.76. The first-order valence-electron chi connectivity index (χ1n) is 7.26. The average molecular weight is 382 g/mol. The number of aromatic nitrogens is 4. The summed E-state index contributed by atoms with van der Waals surface area (Å²) in [5, 5.41) is 15.0. The highest BCUT2D eigenvalue weighted by Crippen LogP contribution is 2.22. The van der Waals surface area contributed by atoms with Crippen LogP contribution in [0.4, 0.5) is 5.82 Å². The van der Waals surface area contributed by atoms with E-state index in [0.29, 0.717) is 11.4 Å². The van der Waals surface area contributed by atoms with E-state index in [1.165, 1.54) is 6.20 Å². The van der Waals surface area contributed by atoms with Crippen LogP contribution in [-0.2, 0) is 0 Å². The van der Waals surface area contributed by atoms with Crippen LogP contribution in [0, 0.1) is 0 Å². The predicted molar refractivity (Wildman–Crippen MR) is 95.3 cm³/mol. The first-order chi connectivity index (χ1) is 11.7. The summed E-state index contributed by atoms with van der Waals surface area (Å²) in [5.41, 5.74) is 2.19. The van der Waals surface area contributed by atoms with Gasteiger partial charge in [-0.25, -0.2) is 4.68 Å². The topological polar surface area (TPSA) is 75.6 Å². The van der Waals surface area contributed by atoms with E-state index >= 15 is 0 Å². The van der Waals surface area contributed by atoms with Gasteiger partial charge in [-0.1, -0.05) is 24.3 Å². The minimum absolute atomic E-state index is 0.259. The molecule has 1 amide bonds. The number of benzene rings is 2. The average Bonchev–Trinajstić information content (AvgIpc) is 3.23. The van der Waals surface area contributed by atoms with Gasteiger partial charge in [-0.2, -0.15) is 10.2 Å². The van der Waals surface area contributed by atoms with Gasteiger partial charge < -0.3 is 5.32 Å². The molecule has 2 aromatic carbocycles. The van der Waals surface area contributed by atoms with Crippen LogP contribution in [-0.4, -0.2) is 25.9 Å². The van der Waals surface area contributed by atoms with Crippen molar-refractivity contribution in [3.8, 4) is 5.69 Å². The Balaban J connectivity index is 1.61. The van der Waals surface area contributed by atoms with Gasteiger partial charge in [0.2, 0.25) is 0 Å². The highest BCUT2D eigenvalue weighted by atomic mass is 79.9. The van der Waals surface area contributed by atoms with E-state index in [1.807, 2.05) is 48.5 Å². The van der Waals surface area contributed by atoms with E-state index in [9.17, 15) is 4.79 Å². The molecular formula is C17H12BrN5O. The molecule has 0 aliphatic heterocycles. The monoisotopic (exact) mass is 381 g/mol. The number of carbonyl (C=O) groups is 1. The van der Waals surface area contributed by atoms with Crippen LogP contribution in [0.1, 0.15) is 10.4 Å². The zero-order valence-electron chi connectivity index (χ0n) is 12.4. The number of hydrogen-bond donors (Lipinski definition) is 2. The summed E-state index contributed by atoms with van der Waals surface area (Å²) in [7, 11) is 0. The van der Waals surface area contributed by atoms with Crippen molar-refractivity contribution in [2.75, 3.05) is 5.32 Å². The number of nitrogens with one attached hydrogen (secondary N) is 2. The summed E-state index contributed by atoms with van der Waals surface area (Å²) in [5.74, 6) is 0.245. The number of hydrogen-bond acceptors (Lipinski definition) is 3. The van der Waals surface area contributed by atoms with Crippen molar-refractivity contribution in [2.24, 2.45) is 0 Å². The van der Waals surface area contributed by atoms with Crippen molar-refractivity contribution in [1.82, 2.24) is 20.0 Å². The number of halogens is 1. The van der Waals surface area contributed by atoms with Crippen LogP contribution in [0.3, 0.4) is 0 Å². The maximum Gasteiger partial charge on any atom is 0.260 e. The molecule has 7 heteroatoms. The second kappa shape index (κ2) is 5.93. The van der Waals surface area contributed by atoms with Gasteiger partial charge in [0.1, 0.15) is 0 Å². The van der Waals surface area contributed by atoms with Crippen LogP contribution in [0.15, 0.2) is 65.4 Å². The Labute approximate surface area is 145 Å². The minimum Gasteiger partial charge on any atom is -0.304 e. The highest BCUT2D eigenvalue weighted by Gasteiger charge is 2.13. The molecule has 0 aliphatic carbocycles. The molecule has 0 radical (unpaired) electrons. The lowest BCUT2D eigenvalue weighted by molar-refractivity contribution is 0.102. The van der Waals surface area contributed by atoms with Gasteiger partial charge in [0.15, 0.2) is 5.82 Å². The maximum atomic E-state index is 12.5. The molecule has 118 valence electrons. The lowest BCUT2D eigenvalue weighted by Gasteiger charge is -2.03. The molecule has 2 N–H and O–H groups in total. The molecule has 4 rings (SSSR count). The maximum absolute atomic E-state index is 12.5. The molecule has 0 atom stereocenters. The van der Waals surface area contributed by atoms with Gasteiger partial charge in [-0.15, -0.1) is 0 Å². The second-order valence-electron chi connectivity index (χ2n) is 5.20. The fraction of sp³-hybridized carbons (Fsp3) is 0. The van der Waals surface area contributed by atoms with E-state index in [1.54, 1.807) is 10.9 Å². The van der Waals surface area contributed by atoms with Gasteiger partial charge >= 0.3 is 0 Å². The minimum atomic E-state index is -0.259. The Bertz CT molecular complexity index is 1040. The lowest BCUT2D eigenvalue weighted by atomic mass is 10.2. The first kappa shape index (κ1) is 14.6. The SMILES string of the molecule is O=C(Nc1n[nH]c2ccccc12)c1cnn(-c2ccccc2Br)c1. The fourth-order valence-corrected chi connectivity index (χ4v) is 2.91. The van der Waals surface area contributed by atoms with Crippen molar-refractivity contribution in [3.05, 3.63) is 71.0 Å². The highest BCUT2D eigenvalue weighted by molar-refractivity contribution is 9.10. The zero-order valence-corrected chi connectivity index (χ0v) is 14.0. The number of para-hydroxylation sites is 2. The summed E-state index contributed by atoms with van der Waals surface area (Å²) < 4.78 is 2.56. The van der Waals surface area contributed by atoms with Crippen LogP contribution in [0.2, 0.25) is 0 Å². The molecule has 6 nitrogen and oxygen atoms in total. The quantitative estimate of drug-likeness (QED) is 0.567. The van der Waals surface area contributed by atoms with E-state index in [0.717, 1.165) is 21.1 Å². The Hall–Kier alpha value is -2.93. The van der Waals surface area contributed by atoms with Crippen molar-refractivity contribution < 1.29 is 4.79 Å². The van der Waals surface area contributed by atoms with E-state index in [4.69, 9.17) is 0 Å². The third-order valence-corrected chi connectivity index (χ3v) is 4.32. The van der Waals surface area contributed by atoms with Crippen molar-refractivity contribution in [1.29, 1.82) is 0 Å². The Morgan fingerprint density at radius 1 is 1.12 bits per heavy atom. The zero-order chi connectivity index (χ0) is 16.5. The number of nitrogens with zero attached hydrogens (tertiary/aromatic N) is 3. The molecule has 4 aromatic rings. The number of H-pyrrole nitrogens is 1. The first-order valence-corrected chi connectivity index (χ1v) is 8.06. The largest absolute Gasteiger partial charge is 0.304 e. The number of amides is 1. The van der Waals surface area contributed by atoms with E-state index in [-0.39, 0.29) is 5.91 Å². The smallest absolute Gasteiger partial charge is 0.260 e. The van der Waals surface area contributed by atoms with Crippen LogP contribution in [0.5, 0.6) is 0 Å². The molecule has 0 bridgehead atoms. The van der Waals surface area contributed by atoms with Gasteiger partial charge in [-0.05, 0) is 40.2 Å². The molecular weight excluding hydrogens is 370 g/mol. The van der Waals surface area contributed by atoms with Crippen LogP contribution < -0.4 is 5.32 Å². The Kier molecular flexibility index (Phi) is 3.62. The van der Waals surface area contributed by atoms with Gasteiger partial charge in [0.25, 0.3) is 5.91 Å². The number of carbonyl (C=O) groups excluding carboxylic acids is 1. The van der Waals surface area contributed by atoms with Crippen molar-refractivity contribution in [3.63, 3.8) is 0 Å². The van der Waals surface area contributed by atoms with Gasteiger partial charge in [0, 0.05) is 16.1 Å². The number of fused-ring (bicyclic) bond motifs is 1. The third-order valence-electron chi connectivity index (χ3n) is 3.65. The number of aromatic amines is 1. The summed E-state index contributed by atoms with van der Waals surface area (Å²) in [4.78, 5) is 12.5. The van der Waals surface area contributed by atoms with E-state index in [2.05, 4.69) is 36.5 Å². The summed E-state index contributed by atoms with van der Waals surface area (Å²) in [6.45, 7) is 0. The molecule has 0 aliphatic rings. The molecule has 2 aromatic heterocycles. The van der Waals surface area contributed by atoms with Gasteiger partial charge in [0.05, 0.1) is 23.0 Å².